The molecule has 0 heterocycles. The molecule has 0 bridgehead atoms. The lowest BCUT2D eigenvalue weighted by molar-refractivity contribution is 1.27. The van der Waals surface area contributed by atoms with Crippen LogP contribution in [0.4, 0.5) is 17.1 Å². The van der Waals surface area contributed by atoms with Gasteiger partial charge in [-0.3, -0.25) is 0 Å². The molecule has 0 unspecified atom stereocenters. The van der Waals surface area contributed by atoms with E-state index in [1.54, 1.807) is 0 Å². The number of anilines is 3. The molecule has 3 aromatic carbocycles. The van der Waals surface area contributed by atoms with Crippen molar-refractivity contribution in [1.82, 2.24) is 0 Å². The molecule has 0 aliphatic carbocycles. The van der Waals surface area contributed by atoms with Crippen molar-refractivity contribution >= 4 is 46.3 Å². The van der Waals surface area contributed by atoms with Crippen LogP contribution in [0.1, 0.15) is 5.56 Å². The maximum atomic E-state index is 3.51. The second-order valence-corrected chi connectivity index (χ2v) is 6.40. The average Bonchev–Trinajstić information content (AvgIpc) is 2.53. The topological polar surface area (TPSA) is 3.24 Å². The van der Waals surface area contributed by atoms with Crippen LogP contribution < -0.4 is 10.4 Å². The average molecular weight is 350 g/mol. The molecular weight excluding hydrogens is 333 g/mol. The first-order valence-electron chi connectivity index (χ1n) is 7.32. The fraction of sp³-hybridized carbons (Fsp3) is 0.0526. The molecule has 3 aromatic rings. The van der Waals surface area contributed by atoms with Crippen molar-refractivity contribution in [1.29, 1.82) is 0 Å². The Hall–Kier alpha value is -2.00. The SMILES string of the molecule is Bc1ccc(N(c2ccc(C)cc2)c2ccc(Br)cc2)cc1. The van der Waals surface area contributed by atoms with Crippen molar-refractivity contribution in [3.63, 3.8) is 0 Å². The van der Waals surface area contributed by atoms with Gasteiger partial charge in [0.1, 0.15) is 7.85 Å². The van der Waals surface area contributed by atoms with Gasteiger partial charge in [-0.15, -0.1) is 0 Å². The van der Waals surface area contributed by atoms with Gasteiger partial charge in [-0.2, -0.15) is 0 Å². The zero-order valence-corrected chi connectivity index (χ0v) is 14.3. The predicted octanol–water partition coefficient (Wildman–Crippen LogP) is 4.49. The van der Waals surface area contributed by atoms with E-state index < -0.39 is 0 Å². The summed E-state index contributed by atoms with van der Waals surface area (Å²) in [5, 5.41) is 0. The Bertz CT molecular complexity index is 641. The third-order valence-electron chi connectivity index (χ3n) is 3.67. The summed E-state index contributed by atoms with van der Waals surface area (Å²) in [6, 6.07) is 25.7. The van der Waals surface area contributed by atoms with E-state index in [-0.39, 0.29) is 0 Å². The number of nitrogens with zero attached hydrogens (tertiary/aromatic N) is 1. The highest BCUT2D eigenvalue weighted by atomic mass is 79.9. The van der Waals surface area contributed by atoms with E-state index in [9.17, 15) is 0 Å². The zero-order chi connectivity index (χ0) is 15.5. The molecule has 3 heteroatoms. The van der Waals surface area contributed by atoms with Crippen LogP contribution >= 0.6 is 15.9 Å². The van der Waals surface area contributed by atoms with E-state index in [0.29, 0.717) is 0 Å². The third kappa shape index (κ3) is 3.25. The fourth-order valence-electron chi connectivity index (χ4n) is 2.43. The van der Waals surface area contributed by atoms with Gasteiger partial charge < -0.3 is 4.90 Å². The summed E-state index contributed by atoms with van der Waals surface area (Å²) in [6.45, 7) is 2.11. The second kappa shape index (κ2) is 6.41. The molecular formula is C19H17BBrN. The Morgan fingerprint density at radius 2 is 1.09 bits per heavy atom. The summed E-state index contributed by atoms with van der Waals surface area (Å²) in [5.74, 6) is 0. The van der Waals surface area contributed by atoms with Crippen LogP contribution in [0.15, 0.2) is 77.3 Å². The van der Waals surface area contributed by atoms with Gasteiger partial charge in [-0.05, 0) is 55.5 Å². The van der Waals surface area contributed by atoms with Crippen LogP contribution in [0.25, 0.3) is 0 Å². The Labute approximate surface area is 141 Å². The first-order chi connectivity index (χ1) is 10.6. The minimum Gasteiger partial charge on any atom is -0.311 e. The van der Waals surface area contributed by atoms with Crippen LogP contribution in [0, 0.1) is 6.92 Å². The summed E-state index contributed by atoms with van der Waals surface area (Å²) >= 11 is 3.51. The molecule has 0 atom stereocenters. The molecule has 0 spiro atoms. The lowest BCUT2D eigenvalue weighted by Gasteiger charge is -2.25. The van der Waals surface area contributed by atoms with E-state index in [1.165, 1.54) is 11.0 Å². The normalized spacial score (nSPS) is 10.5. The van der Waals surface area contributed by atoms with Crippen LogP contribution in [0.3, 0.4) is 0 Å². The molecule has 0 N–H and O–H groups in total. The molecule has 0 amide bonds. The Morgan fingerprint density at radius 3 is 1.59 bits per heavy atom. The molecule has 0 aromatic heterocycles. The Morgan fingerprint density at radius 1 is 0.682 bits per heavy atom. The lowest BCUT2D eigenvalue weighted by atomic mass is 9.96. The molecule has 1 nitrogen and oxygen atoms in total. The number of hydrogen-bond donors (Lipinski definition) is 0. The highest BCUT2D eigenvalue weighted by molar-refractivity contribution is 9.10. The van der Waals surface area contributed by atoms with Crippen molar-refractivity contribution in [3.05, 3.63) is 82.8 Å². The van der Waals surface area contributed by atoms with E-state index in [0.717, 1.165) is 21.5 Å². The van der Waals surface area contributed by atoms with Crippen LogP contribution in [-0.2, 0) is 0 Å². The summed E-state index contributed by atoms with van der Waals surface area (Å²) in [6.07, 6.45) is 0. The monoisotopic (exact) mass is 349 g/mol. The smallest absolute Gasteiger partial charge is 0.139 e. The minimum atomic E-state index is 1.09. The highest BCUT2D eigenvalue weighted by Gasteiger charge is 2.11. The third-order valence-corrected chi connectivity index (χ3v) is 4.20. The van der Waals surface area contributed by atoms with Crippen molar-refractivity contribution in [2.24, 2.45) is 0 Å². The minimum absolute atomic E-state index is 1.09. The van der Waals surface area contributed by atoms with Gasteiger partial charge in [0, 0.05) is 21.5 Å². The predicted molar refractivity (Wildman–Crippen MR) is 102 cm³/mol. The molecule has 108 valence electrons. The van der Waals surface area contributed by atoms with Crippen LogP contribution in [0.2, 0.25) is 0 Å². The van der Waals surface area contributed by atoms with E-state index >= 15 is 0 Å². The van der Waals surface area contributed by atoms with E-state index in [2.05, 4.69) is 108 Å². The highest BCUT2D eigenvalue weighted by Crippen LogP contribution is 2.34. The van der Waals surface area contributed by atoms with E-state index in [1.807, 2.05) is 0 Å². The Balaban J connectivity index is 2.10. The summed E-state index contributed by atoms with van der Waals surface area (Å²) in [7, 11) is 2.11. The standard InChI is InChI=1S/C19H17BBrN/c1-14-2-8-17(9-3-14)22(18-10-4-15(20)5-11-18)19-12-6-16(21)7-13-19/h2-13H,20H2,1H3. The summed E-state index contributed by atoms with van der Waals surface area (Å²) < 4.78 is 1.09. The second-order valence-electron chi connectivity index (χ2n) is 5.48. The Kier molecular flexibility index (Phi) is 4.35. The van der Waals surface area contributed by atoms with Crippen molar-refractivity contribution in [2.75, 3.05) is 4.90 Å². The van der Waals surface area contributed by atoms with E-state index in [4.69, 9.17) is 0 Å². The molecule has 0 aliphatic heterocycles. The van der Waals surface area contributed by atoms with Gasteiger partial charge in [0.05, 0.1) is 0 Å². The number of benzene rings is 3. The lowest BCUT2D eigenvalue weighted by Crippen LogP contribution is -2.11. The maximum Gasteiger partial charge on any atom is 0.139 e. The first kappa shape index (κ1) is 14.9. The fourth-order valence-corrected chi connectivity index (χ4v) is 2.69. The summed E-state index contributed by atoms with van der Waals surface area (Å²) in [4.78, 5) is 2.27. The van der Waals surface area contributed by atoms with Gasteiger partial charge in [0.2, 0.25) is 0 Å². The molecule has 0 saturated heterocycles. The molecule has 0 aliphatic rings. The number of aryl methyl sites for hydroxylation is 1. The van der Waals surface area contributed by atoms with Crippen molar-refractivity contribution in [3.8, 4) is 0 Å². The zero-order valence-electron chi connectivity index (χ0n) is 12.8. The van der Waals surface area contributed by atoms with Gasteiger partial charge >= 0.3 is 0 Å². The first-order valence-corrected chi connectivity index (χ1v) is 8.12. The molecule has 0 fully saturated rings. The molecule has 0 radical (unpaired) electrons. The molecule has 22 heavy (non-hydrogen) atoms. The quantitative estimate of drug-likeness (QED) is 0.630. The van der Waals surface area contributed by atoms with Crippen molar-refractivity contribution < 1.29 is 0 Å². The van der Waals surface area contributed by atoms with Gasteiger partial charge in [-0.25, -0.2) is 0 Å². The van der Waals surface area contributed by atoms with Gasteiger partial charge in [0.25, 0.3) is 0 Å². The van der Waals surface area contributed by atoms with Gasteiger partial charge in [-0.1, -0.05) is 51.2 Å². The summed E-state index contributed by atoms with van der Waals surface area (Å²) in [5.41, 5.74) is 6.01. The molecule has 0 saturated carbocycles. The maximum absolute atomic E-state index is 3.51. The number of halogens is 1. The van der Waals surface area contributed by atoms with Crippen LogP contribution in [-0.4, -0.2) is 7.85 Å². The van der Waals surface area contributed by atoms with Crippen molar-refractivity contribution in [2.45, 2.75) is 6.92 Å². The number of rotatable bonds is 3. The van der Waals surface area contributed by atoms with Gasteiger partial charge in [0.15, 0.2) is 0 Å². The largest absolute Gasteiger partial charge is 0.311 e. The molecule has 3 rings (SSSR count). The number of hydrogen-bond acceptors (Lipinski definition) is 1. The van der Waals surface area contributed by atoms with Crippen LogP contribution in [0.5, 0.6) is 0 Å².